The van der Waals surface area contributed by atoms with Gasteiger partial charge in [-0.3, -0.25) is 0 Å². The van der Waals surface area contributed by atoms with Gasteiger partial charge in [-0.15, -0.1) is 0 Å². The number of pyridine rings is 1. The van der Waals surface area contributed by atoms with E-state index in [-0.39, 0.29) is 0 Å². The Morgan fingerprint density at radius 2 is 2.14 bits per heavy atom. The van der Waals surface area contributed by atoms with Gasteiger partial charge in [0.25, 0.3) is 0 Å². The highest BCUT2D eigenvalue weighted by Gasteiger charge is 2.16. The summed E-state index contributed by atoms with van der Waals surface area (Å²) in [4.78, 5) is 15.7. The van der Waals surface area contributed by atoms with Crippen molar-refractivity contribution in [2.75, 3.05) is 13.7 Å². The standard InChI is InChI=1S/C15H24N2O4/c1-10(18)12-8-13(20-5)17-9-11(12)6-7-16-14(19)21-15(2,3)4/h8-10,18H,6-7H2,1-5H3,(H,16,19). The highest BCUT2D eigenvalue weighted by molar-refractivity contribution is 5.67. The highest BCUT2D eigenvalue weighted by atomic mass is 16.6. The largest absolute Gasteiger partial charge is 0.481 e. The van der Waals surface area contributed by atoms with Crippen LogP contribution < -0.4 is 10.1 Å². The molecule has 0 aromatic carbocycles. The number of rotatable bonds is 5. The first-order valence-corrected chi connectivity index (χ1v) is 6.90. The third-order valence-electron chi connectivity index (χ3n) is 2.72. The first-order valence-electron chi connectivity index (χ1n) is 6.90. The molecule has 0 bridgehead atoms. The predicted molar refractivity (Wildman–Crippen MR) is 79.4 cm³/mol. The second-order valence-corrected chi connectivity index (χ2v) is 5.78. The van der Waals surface area contributed by atoms with Crippen molar-refractivity contribution in [2.24, 2.45) is 0 Å². The van der Waals surface area contributed by atoms with Crippen LogP contribution in [-0.2, 0) is 11.2 Å². The molecule has 1 unspecified atom stereocenters. The maximum absolute atomic E-state index is 11.5. The van der Waals surface area contributed by atoms with Gasteiger partial charge in [0.1, 0.15) is 5.60 Å². The Bertz CT molecular complexity index is 481. The molecular weight excluding hydrogens is 272 g/mol. The topological polar surface area (TPSA) is 80.7 Å². The van der Waals surface area contributed by atoms with Crippen molar-refractivity contribution < 1.29 is 19.4 Å². The van der Waals surface area contributed by atoms with E-state index in [1.54, 1.807) is 19.2 Å². The van der Waals surface area contributed by atoms with Crippen molar-refractivity contribution in [3.05, 3.63) is 23.4 Å². The van der Waals surface area contributed by atoms with Crippen molar-refractivity contribution in [1.29, 1.82) is 0 Å². The molecule has 0 aliphatic carbocycles. The van der Waals surface area contributed by atoms with E-state index >= 15 is 0 Å². The molecule has 0 saturated carbocycles. The average Bonchev–Trinajstić information content (AvgIpc) is 2.36. The fourth-order valence-electron chi connectivity index (χ4n) is 1.80. The van der Waals surface area contributed by atoms with E-state index in [2.05, 4.69) is 10.3 Å². The SMILES string of the molecule is COc1cc(C(C)O)c(CCNC(=O)OC(C)(C)C)cn1. The van der Waals surface area contributed by atoms with Crippen LogP contribution in [0.5, 0.6) is 5.88 Å². The molecule has 1 heterocycles. The second-order valence-electron chi connectivity index (χ2n) is 5.78. The number of methoxy groups -OCH3 is 1. The summed E-state index contributed by atoms with van der Waals surface area (Å²) >= 11 is 0. The number of carbonyl (C=O) groups is 1. The number of ether oxygens (including phenoxy) is 2. The quantitative estimate of drug-likeness (QED) is 0.870. The highest BCUT2D eigenvalue weighted by Crippen LogP contribution is 2.21. The fraction of sp³-hybridized carbons (Fsp3) is 0.600. The molecule has 1 aromatic heterocycles. The number of hydrogen-bond acceptors (Lipinski definition) is 5. The Morgan fingerprint density at radius 3 is 2.67 bits per heavy atom. The summed E-state index contributed by atoms with van der Waals surface area (Å²) in [6.45, 7) is 7.52. The minimum absolute atomic E-state index is 0.405. The maximum Gasteiger partial charge on any atom is 0.407 e. The normalized spacial score (nSPS) is 12.7. The van der Waals surface area contributed by atoms with Crippen LogP contribution in [0, 0.1) is 0 Å². The average molecular weight is 296 g/mol. The lowest BCUT2D eigenvalue weighted by molar-refractivity contribution is 0.0528. The predicted octanol–water partition coefficient (Wildman–Crippen LogP) is 2.21. The van der Waals surface area contributed by atoms with Crippen LogP contribution in [0.25, 0.3) is 0 Å². The summed E-state index contributed by atoms with van der Waals surface area (Å²) < 4.78 is 10.2. The molecule has 0 radical (unpaired) electrons. The van der Waals surface area contributed by atoms with Gasteiger partial charge in [-0.1, -0.05) is 0 Å². The van der Waals surface area contributed by atoms with E-state index in [1.165, 1.54) is 7.11 Å². The summed E-state index contributed by atoms with van der Waals surface area (Å²) in [6, 6.07) is 1.70. The number of nitrogens with zero attached hydrogens (tertiary/aromatic N) is 1. The van der Waals surface area contributed by atoms with Gasteiger partial charge in [0.05, 0.1) is 13.2 Å². The summed E-state index contributed by atoms with van der Waals surface area (Å²) in [6.07, 6.45) is 1.12. The molecule has 0 saturated heterocycles. The minimum Gasteiger partial charge on any atom is -0.481 e. The molecule has 0 spiro atoms. The first kappa shape index (κ1) is 17.2. The van der Waals surface area contributed by atoms with Gasteiger partial charge in [0, 0.05) is 18.8 Å². The minimum atomic E-state index is -0.626. The molecule has 1 rings (SSSR count). The van der Waals surface area contributed by atoms with Crippen LogP contribution in [0.15, 0.2) is 12.3 Å². The van der Waals surface area contributed by atoms with Crippen LogP contribution in [0.4, 0.5) is 4.79 Å². The zero-order valence-corrected chi connectivity index (χ0v) is 13.3. The molecule has 6 nitrogen and oxygen atoms in total. The lowest BCUT2D eigenvalue weighted by atomic mass is 10.0. The molecule has 6 heteroatoms. The van der Waals surface area contributed by atoms with E-state index < -0.39 is 17.8 Å². The summed E-state index contributed by atoms with van der Waals surface area (Å²) in [5.74, 6) is 0.453. The smallest absolute Gasteiger partial charge is 0.407 e. The monoisotopic (exact) mass is 296 g/mol. The Labute approximate surface area is 125 Å². The van der Waals surface area contributed by atoms with E-state index in [0.717, 1.165) is 11.1 Å². The van der Waals surface area contributed by atoms with Crippen LogP contribution in [0.1, 0.15) is 44.9 Å². The van der Waals surface area contributed by atoms with Crippen LogP contribution in [-0.4, -0.2) is 35.4 Å². The number of amides is 1. The molecule has 0 fully saturated rings. The summed E-state index contributed by atoms with van der Waals surface area (Å²) in [5, 5.41) is 12.5. The molecule has 21 heavy (non-hydrogen) atoms. The molecular formula is C15H24N2O4. The number of alkyl carbamates (subject to hydrolysis) is 1. The van der Waals surface area contributed by atoms with Gasteiger partial charge in [0.2, 0.25) is 5.88 Å². The first-order chi connectivity index (χ1) is 9.73. The molecule has 2 N–H and O–H groups in total. The van der Waals surface area contributed by atoms with Crippen LogP contribution in [0.2, 0.25) is 0 Å². The zero-order valence-electron chi connectivity index (χ0n) is 13.3. The Kier molecular flexibility index (Phi) is 5.96. The molecule has 0 aliphatic rings. The molecule has 0 aliphatic heterocycles. The van der Waals surface area contributed by atoms with E-state index in [9.17, 15) is 9.90 Å². The molecule has 118 valence electrons. The zero-order chi connectivity index (χ0) is 16.0. The van der Waals surface area contributed by atoms with Crippen LogP contribution >= 0.6 is 0 Å². The van der Waals surface area contributed by atoms with Crippen molar-refractivity contribution in [1.82, 2.24) is 10.3 Å². The van der Waals surface area contributed by atoms with Crippen molar-refractivity contribution in [3.63, 3.8) is 0 Å². The van der Waals surface area contributed by atoms with Gasteiger partial charge >= 0.3 is 6.09 Å². The van der Waals surface area contributed by atoms with Gasteiger partial charge in [-0.05, 0) is 45.2 Å². The van der Waals surface area contributed by atoms with E-state index in [0.29, 0.717) is 18.8 Å². The Morgan fingerprint density at radius 1 is 1.48 bits per heavy atom. The third kappa shape index (κ3) is 5.99. The fourth-order valence-corrected chi connectivity index (χ4v) is 1.80. The molecule has 1 aromatic rings. The third-order valence-corrected chi connectivity index (χ3v) is 2.72. The Balaban J connectivity index is 2.61. The number of carbonyl (C=O) groups excluding carboxylic acids is 1. The van der Waals surface area contributed by atoms with Gasteiger partial charge < -0.3 is 19.9 Å². The molecule has 1 amide bonds. The number of hydrogen-bond donors (Lipinski definition) is 2. The van der Waals surface area contributed by atoms with Gasteiger partial charge in [0.15, 0.2) is 0 Å². The van der Waals surface area contributed by atoms with Crippen molar-refractivity contribution in [3.8, 4) is 5.88 Å². The Hall–Kier alpha value is -1.82. The van der Waals surface area contributed by atoms with E-state index in [1.807, 2.05) is 20.8 Å². The number of nitrogens with one attached hydrogen (secondary N) is 1. The second kappa shape index (κ2) is 7.26. The van der Waals surface area contributed by atoms with Crippen molar-refractivity contribution >= 4 is 6.09 Å². The van der Waals surface area contributed by atoms with Gasteiger partial charge in [-0.25, -0.2) is 9.78 Å². The van der Waals surface area contributed by atoms with Crippen molar-refractivity contribution in [2.45, 2.75) is 45.8 Å². The van der Waals surface area contributed by atoms with E-state index in [4.69, 9.17) is 9.47 Å². The summed E-state index contributed by atoms with van der Waals surface area (Å²) in [7, 11) is 1.53. The van der Waals surface area contributed by atoms with Gasteiger partial charge in [-0.2, -0.15) is 0 Å². The lowest BCUT2D eigenvalue weighted by Gasteiger charge is -2.20. The lowest BCUT2D eigenvalue weighted by Crippen LogP contribution is -2.33. The number of aliphatic hydroxyl groups excluding tert-OH is 1. The summed E-state index contributed by atoms with van der Waals surface area (Å²) in [5.41, 5.74) is 1.09. The number of aliphatic hydroxyl groups is 1. The molecule has 1 atom stereocenters. The number of aromatic nitrogens is 1. The maximum atomic E-state index is 11.5. The van der Waals surface area contributed by atoms with Crippen LogP contribution in [0.3, 0.4) is 0 Å².